The lowest BCUT2D eigenvalue weighted by Gasteiger charge is -2.10. The van der Waals surface area contributed by atoms with E-state index in [1.165, 1.54) is 16.3 Å². The van der Waals surface area contributed by atoms with Gasteiger partial charge in [0, 0.05) is 18.5 Å². The topological polar surface area (TPSA) is 87.1 Å². The van der Waals surface area contributed by atoms with E-state index in [0.29, 0.717) is 39.8 Å². The summed E-state index contributed by atoms with van der Waals surface area (Å²) in [6.07, 6.45) is 2.56. The molecule has 162 valence electrons. The number of fused-ring (bicyclic) bond motifs is 4. The number of para-hydroxylation sites is 1. The number of hydrogen-bond acceptors (Lipinski definition) is 7. The molecule has 0 aliphatic carbocycles. The lowest BCUT2D eigenvalue weighted by atomic mass is 10.2. The molecule has 0 saturated heterocycles. The van der Waals surface area contributed by atoms with Gasteiger partial charge in [-0.3, -0.25) is 23.1 Å². The molecule has 0 spiro atoms. The van der Waals surface area contributed by atoms with Crippen molar-refractivity contribution in [1.82, 2.24) is 28.7 Å². The predicted octanol–water partition coefficient (Wildman–Crippen LogP) is 3.39. The minimum Gasteiger partial charge on any atom is -0.283 e. The minimum atomic E-state index is -0.115. The smallest absolute Gasteiger partial charge is 0.263 e. The molecule has 32 heavy (non-hydrogen) atoms. The Balaban J connectivity index is 1.62. The number of aryl methyl sites for hydroxylation is 2. The van der Waals surface area contributed by atoms with Gasteiger partial charge in [0.25, 0.3) is 11.1 Å². The van der Waals surface area contributed by atoms with Crippen LogP contribution in [0, 0.1) is 0 Å². The van der Waals surface area contributed by atoms with Gasteiger partial charge in [-0.15, -0.1) is 28.1 Å². The van der Waals surface area contributed by atoms with Crippen molar-refractivity contribution < 1.29 is 0 Å². The Bertz CT molecular complexity index is 1630. The van der Waals surface area contributed by atoms with Crippen molar-refractivity contribution >= 4 is 50.0 Å². The molecule has 4 aromatic heterocycles. The normalized spacial score (nSPS) is 11.7. The lowest BCUT2D eigenvalue weighted by Crippen LogP contribution is -2.22. The Morgan fingerprint density at radius 3 is 2.75 bits per heavy atom. The number of hydrogen-bond donors (Lipinski definition) is 0. The summed E-state index contributed by atoms with van der Waals surface area (Å²) in [7, 11) is 1.69. The quantitative estimate of drug-likeness (QED) is 0.217. The summed E-state index contributed by atoms with van der Waals surface area (Å²) in [6.45, 7) is 6.23. The maximum absolute atomic E-state index is 13.1. The third-order valence-electron chi connectivity index (χ3n) is 5.35. The van der Waals surface area contributed by atoms with Crippen molar-refractivity contribution in [1.29, 1.82) is 0 Å². The highest BCUT2D eigenvalue weighted by Crippen LogP contribution is 2.27. The average Bonchev–Trinajstić information content (AvgIpc) is 3.42. The summed E-state index contributed by atoms with van der Waals surface area (Å²) in [6, 6.07) is 9.34. The number of aromatic nitrogens is 6. The van der Waals surface area contributed by atoms with Gasteiger partial charge in [0.15, 0.2) is 5.16 Å². The molecule has 0 unspecified atom stereocenters. The molecule has 5 aromatic rings. The molecule has 10 heteroatoms. The molecule has 0 aliphatic rings. The molecule has 0 atom stereocenters. The number of rotatable bonds is 6. The van der Waals surface area contributed by atoms with E-state index in [1.54, 1.807) is 35.1 Å². The zero-order valence-corrected chi connectivity index (χ0v) is 19.2. The first-order valence-corrected chi connectivity index (χ1v) is 11.9. The van der Waals surface area contributed by atoms with E-state index in [0.717, 1.165) is 21.6 Å². The van der Waals surface area contributed by atoms with Crippen LogP contribution >= 0.6 is 23.1 Å². The van der Waals surface area contributed by atoms with E-state index in [1.807, 2.05) is 28.7 Å². The van der Waals surface area contributed by atoms with Crippen LogP contribution in [0.3, 0.4) is 0 Å². The molecule has 0 N–H and O–H groups in total. The predicted molar refractivity (Wildman–Crippen MR) is 129 cm³/mol. The Kier molecular flexibility index (Phi) is 5.18. The average molecular weight is 465 g/mol. The molecule has 1 aromatic carbocycles. The summed E-state index contributed by atoms with van der Waals surface area (Å²) in [5, 5.41) is 10.4. The van der Waals surface area contributed by atoms with Gasteiger partial charge in [-0.1, -0.05) is 36.9 Å². The van der Waals surface area contributed by atoms with Gasteiger partial charge in [-0.2, -0.15) is 0 Å². The standard InChI is InChI=1S/C22H20N6O2S2/c1-4-10-27-20(30)15-11-13(5-2)32-18(15)23-22(27)31-12-17-24-25-21-26(3)19(29)14-8-6-7-9-16(14)28(17)21/h4,6-9,11H,1,5,10,12H2,2-3H3. The molecular weight excluding hydrogens is 444 g/mol. The molecule has 0 fully saturated rings. The number of thiophene rings is 1. The van der Waals surface area contributed by atoms with E-state index in [4.69, 9.17) is 4.98 Å². The van der Waals surface area contributed by atoms with Gasteiger partial charge in [0.2, 0.25) is 5.78 Å². The second-order valence-electron chi connectivity index (χ2n) is 7.31. The number of thioether (sulfide) groups is 1. The molecule has 0 bridgehead atoms. The first-order valence-electron chi connectivity index (χ1n) is 10.1. The van der Waals surface area contributed by atoms with Crippen LogP contribution in [0.25, 0.3) is 26.9 Å². The Morgan fingerprint density at radius 1 is 1.16 bits per heavy atom. The van der Waals surface area contributed by atoms with Crippen LogP contribution in [0.5, 0.6) is 0 Å². The van der Waals surface area contributed by atoms with Gasteiger partial charge >= 0.3 is 0 Å². The van der Waals surface area contributed by atoms with E-state index >= 15 is 0 Å². The second kappa shape index (κ2) is 8.03. The number of benzene rings is 1. The van der Waals surface area contributed by atoms with Crippen molar-refractivity contribution in [2.24, 2.45) is 7.05 Å². The molecular formula is C22H20N6O2S2. The van der Waals surface area contributed by atoms with Gasteiger partial charge in [-0.25, -0.2) is 4.98 Å². The summed E-state index contributed by atoms with van der Waals surface area (Å²) in [5.74, 6) is 1.59. The number of allylic oxidation sites excluding steroid dienone is 1. The Labute approximate surface area is 190 Å². The lowest BCUT2D eigenvalue weighted by molar-refractivity contribution is 0.672. The van der Waals surface area contributed by atoms with Crippen molar-refractivity contribution in [3.8, 4) is 0 Å². The van der Waals surface area contributed by atoms with E-state index in [9.17, 15) is 9.59 Å². The van der Waals surface area contributed by atoms with Gasteiger partial charge < -0.3 is 0 Å². The summed E-state index contributed by atoms with van der Waals surface area (Å²) in [5.41, 5.74) is 0.576. The first kappa shape index (κ1) is 20.7. The molecule has 8 nitrogen and oxygen atoms in total. The first-order chi connectivity index (χ1) is 15.5. The van der Waals surface area contributed by atoms with Gasteiger partial charge in [-0.05, 0) is 24.6 Å². The number of nitrogens with zero attached hydrogens (tertiary/aromatic N) is 6. The molecule has 4 heterocycles. The molecule has 0 saturated carbocycles. The third-order valence-corrected chi connectivity index (χ3v) is 7.50. The third kappa shape index (κ3) is 3.18. The van der Waals surface area contributed by atoms with Crippen LogP contribution in [0.2, 0.25) is 0 Å². The minimum absolute atomic E-state index is 0.0627. The van der Waals surface area contributed by atoms with Gasteiger partial charge in [0.1, 0.15) is 10.7 Å². The highest BCUT2D eigenvalue weighted by molar-refractivity contribution is 7.98. The fourth-order valence-corrected chi connectivity index (χ4v) is 5.67. The second-order valence-corrected chi connectivity index (χ2v) is 9.36. The molecule has 0 amide bonds. The molecule has 0 aliphatic heterocycles. The Hall–Kier alpha value is -3.24. The summed E-state index contributed by atoms with van der Waals surface area (Å²) < 4.78 is 5.03. The Morgan fingerprint density at radius 2 is 1.97 bits per heavy atom. The fraction of sp³-hybridized carbons (Fsp3) is 0.227. The van der Waals surface area contributed by atoms with Crippen molar-refractivity contribution in [3.63, 3.8) is 0 Å². The van der Waals surface area contributed by atoms with E-state index in [2.05, 4.69) is 23.7 Å². The van der Waals surface area contributed by atoms with Crippen molar-refractivity contribution in [2.75, 3.05) is 0 Å². The zero-order valence-electron chi connectivity index (χ0n) is 17.6. The van der Waals surface area contributed by atoms with Crippen LogP contribution in [0.1, 0.15) is 17.6 Å². The monoisotopic (exact) mass is 464 g/mol. The fourth-order valence-electron chi connectivity index (χ4n) is 3.74. The maximum Gasteiger partial charge on any atom is 0.263 e. The van der Waals surface area contributed by atoms with Crippen molar-refractivity contribution in [3.05, 3.63) is 74.4 Å². The van der Waals surface area contributed by atoms with Crippen LogP contribution in [0.15, 0.2) is 57.7 Å². The SMILES string of the molecule is C=CCn1c(SCc2nnc3n(C)c(=O)c4ccccc4n23)nc2sc(CC)cc2c1=O. The summed E-state index contributed by atoms with van der Waals surface area (Å²) in [4.78, 5) is 32.4. The maximum atomic E-state index is 13.1. The summed E-state index contributed by atoms with van der Waals surface area (Å²) >= 11 is 2.97. The van der Waals surface area contributed by atoms with E-state index in [-0.39, 0.29) is 11.1 Å². The zero-order chi connectivity index (χ0) is 22.4. The van der Waals surface area contributed by atoms with Crippen LogP contribution in [0.4, 0.5) is 0 Å². The molecule has 0 radical (unpaired) electrons. The van der Waals surface area contributed by atoms with Crippen molar-refractivity contribution in [2.45, 2.75) is 30.8 Å². The van der Waals surface area contributed by atoms with Crippen LogP contribution in [-0.4, -0.2) is 28.7 Å². The van der Waals surface area contributed by atoms with Crippen LogP contribution in [-0.2, 0) is 25.8 Å². The highest BCUT2D eigenvalue weighted by atomic mass is 32.2. The van der Waals surface area contributed by atoms with Gasteiger partial charge in [0.05, 0.1) is 22.0 Å². The van der Waals surface area contributed by atoms with E-state index < -0.39 is 0 Å². The van der Waals surface area contributed by atoms with Crippen LogP contribution < -0.4 is 11.1 Å². The molecule has 5 rings (SSSR count). The largest absolute Gasteiger partial charge is 0.283 e. The highest BCUT2D eigenvalue weighted by Gasteiger charge is 2.17.